The molecule has 20 heteroatoms. The van der Waals surface area contributed by atoms with Gasteiger partial charge in [0.05, 0.1) is 13.2 Å². The van der Waals surface area contributed by atoms with Crippen LogP contribution in [0.1, 0.15) is 60.0 Å². The molecular weight excluding hydrogens is 851 g/mol. The molecule has 19 nitrogen and oxygen atoms in total. The molecule has 3 aliphatic heterocycles. The van der Waals surface area contributed by atoms with Gasteiger partial charge in [-0.15, -0.1) is 0 Å². The summed E-state index contributed by atoms with van der Waals surface area (Å²) in [4.78, 5) is 71.5. The van der Waals surface area contributed by atoms with Gasteiger partial charge in [-0.2, -0.15) is 0 Å². The number of imidazole rings is 1. The van der Waals surface area contributed by atoms with Gasteiger partial charge in [0, 0.05) is 66.8 Å². The fraction of sp³-hybridized carbons (Fsp3) is 0.318. The van der Waals surface area contributed by atoms with E-state index in [9.17, 15) is 24.0 Å². The Balaban J connectivity index is 1.06. The van der Waals surface area contributed by atoms with Crippen molar-refractivity contribution in [3.63, 3.8) is 0 Å². The third-order valence-corrected chi connectivity index (χ3v) is 13.2. The Morgan fingerprint density at radius 1 is 0.781 bits per heavy atom. The topological polar surface area (TPSA) is 226 Å². The second-order valence-corrected chi connectivity index (χ2v) is 17.5. The van der Waals surface area contributed by atoms with E-state index in [2.05, 4.69) is 15.0 Å². The molecule has 2 saturated heterocycles. The molecule has 3 aromatic heterocycles. The summed E-state index contributed by atoms with van der Waals surface area (Å²) in [5.41, 5.74) is -1.15. The number of aromatic amines is 2. The van der Waals surface area contributed by atoms with E-state index < -0.39 is 85.3 Å². The first kappa shape index (κ1) is 42.8. The molecule has 9 rings (SSSR count). The lowest BCUT2D eigenvalue weighted by Gasteiger charge is -2.41. The van der Waals surface area contributed by atoms with Crippen LogP contribution in [0.15, 0.2) is 129 Å². The first-order valence-corrected chi connectivity index (χ1v) is 21.9. The van der Waals surface area contributed by atoms with Gasteiger partial charge >= 0.3 is 25.1 Å². The Bertz CT molecular complexity index is 2940. The normalized spacial score (nSPS) is 23.1. The standard InChI is InChI=1S/C44H43N6O13P/c1-26-21-49(42(54)46-40(26)52)38-19-34(59-28(3)51)37(62-38)24-58-64(56,48-18-17-45-25-48)63-35-20-39(50-22-27(2)41(53)47-43(50)55)61-36(35)23-57-44(29-11-5-4-6-12-29)30-13-7-9-15-32(30)60-33-16-10-8-14-31(33)44/h4-18,21-22,25,34-39H,19-20,23-24H2,1-3H3,(H,46,52,54)(H,47,53,55)/t34-,35-,36+,37+,38+,39+,64?/m0/s1. The minimum Gasteiger partial charge on any atom is -0.460 e. The minimum atomic E-state index is -4.51. The second kappa shape index (κ2) is 17.2. The van der Waals surface area contributed by atoms with E-state index in [0.29, 0.717) is 22.6 Å². The average Bonchev–Trinajstić information content (AvgIpc) is 4.06. The molecule has 6 heterocycles. The van der Waals surface area contributed by atoms with E-state index in [1.54, 1.807) is 6.92 Å². The van der Waals surface area contributed by atoms with Gasteiger partial charge in [0.2, 0.25) is 0 Å². The zero-order chi connectivity index (χ0) is 44.8. The molecule has 2 N–H and O–H groups in total. The molecule has 0 bridgehead atoms. The lowest BCUT2D eigenvalue weighted by Crippen LogP contribution is -2.40. The van der Waals surface area contributed by atoms with Gasteiger partial charge in [-0.3, -0.25) is 42.5 Å². The number of rotatable bonds is 13. The number of benzene rings is 3. The number of ether oxygens (including phenoxy) is 5. The van der Waals surface area contributed by atoms with Crippen LogP contribution in [0.5, 0.6) is 11.5 Å². The Kier molecular flexibility index (Phi) is 11.5. The minimum absolute atomic E-state index is 0.000582. The Hall–Kier alpha value is -6.47. The van der Waals surface area contributed by atoms with E-state index >= 15 is 4.57 Å². The smallest absolute Gasteiger partial charge is 0.440 e. The van der Waals surface area contributed by atoms with Gasteiger partial charge in [0.1, 0.15) is 54.7 Å². The van der Waals surface area contributed by atoms with Crippen LogP contribution in [0.25, 0.3) is 0 Å². The monoisotopic (exact) mass is 894 g/mol. The van der Waals surface area contributed by atoms with Crippen molar-refractivity contribution in [2.75, 3.05) is 13.2 Å². The van der Waals surface area contributed by atoms with Crippen LogP contribution in [0.3, 0.4) is 0 Å². The summed E-state index contributed by atoms with van der Waals surface area (Å²) in [5.74, 6) is 0.506. The molecule has 1 unspecified atom stereocenters. The first-order valence-electron chi connectivity index (χ1n) is 20.4. The molecule has 6 aromatic rings. The molecule has 0 amide bonds. The highest BCUT2D eigenvalue weighted by atomic mass is 31.2. The Morgan fingerprint density at radius 2 is 1.33 bits per heavy atom. The van der Waals surface area contributed by atoms with Gasteiger partial charge in [-0.05, 0) is 31.5 Å². The zero-order valence-electron chi connectivity index (χ0n) is 34.7. The maximum atomic E-state index is 15.3. The van der Waals surface area contributed by atoms with Crippen molar-refractivity contribution >= 4 is 13.7 Å². The van der Waals surface area contributed by atoms with Crippen molar-refractivity contribution in [2.24, 2.45) is 0 Å². The van der Waals surface area contributed by atoms with Crippen molar-refractivity contribution < 1.29 is 42.1 Å². The second-order valence-electron chi connectivity index (χ2n) is 15.6. The number of carbonyl (C=O) groups excluding carboxylic acids is 1. The van der Waals surface area contributed by atoms with Crippen molar-refractivity contribution in [1.82, 2.24) is 28.4 Å². The Labute approximate surface area is 363 Å². The lowest BCUT2D eigenvalue weighted by molar-refractivity contribution is -0.150. The number of nitrogens with zero attached hydrogens (tertiary/aromatic N) is 4. The number of H-pyrrole nitrogens is 2. The van der Waals surface area contributed by atoms with Crippen molar-refractivity contribution in [3.05, 3.63) is 179 Å². The highest BCUT2D eigenvalue weighted by molar-refractivity contribution is 7.52. The largest absolute Gasteiger partial charge is 0.460 e. The summed E-state index contributed by atoms with van der Waals surface area (Å²) in [5, 5.41) is 0. The van der Waals surface area contributed by atoms with E-state index in [1.807, 2.05) is 78.9 Å². The number of fused-ring (bicyclic) bond motifs is 2. The number of nitrogens with one attached hydrogen (secondary N) is 2. The van der Waals surface area contributed by atoms with Crippen LogP contribution in [0, 0.1) is 13.8 Å². The van der Waals surface area contributed by atoms with Crippen molar-refractivity contribution in [2.45, 2.75) is 76.1 Å². The molecule has 2 fully saturated rings. The zero-order valence-corrected chi connectivity index (χ0v) is 35.6. The summed E-state index contributed by atoms with van der Waals surface area (Å²) in [7, 11) is -4.51. The van der Waals surface area contributed by atoms with Crippen LogP contribution in [0.4, 0.5) is 0 Å². The molecule has 3 aromatic carbocycles. The van der Waals surface area contributed by atoms with E-state index in [4.69, 9.17) is 32.7 Å². The molecule has 0 radical (unpaired) electrons. The van der Waals surface area contributed by atoms with Crippen LogP contribution in [0.2, 0.25) is 0 Å². The highest BCUT2D eigenvalue weighted by Gasteiger charge is 2.49. The number of aryl methyl sites for hydroxylation is 2. The summed E-state index contributed by atoms with van der Waals surface area (Å²) in [6.45, 7) is 3.63. The van der Waals surface area contributed by atoms with Crippen LogP contribution in [-0.2, 0) is 43.0 Å². The van der Waals surface area contributed by atoms with Gasteiger partial charge in [-0.25, -0.2) is 23.5 Å². The fourth-order valence-corrected chi connectivity index (χ4v) is 9.98. The third kappa shape index (κ3) is 8.02. The van der Waals surface area contributed by atoms with E-state index in [0.717, 1.165) is 9.90 Å². The first-order chi connectivity index (χ1) is 30.8. The quantitative estimate of drug-likeness (QED) is 0.120. The van der Waals surface area contributed by atoms with Crippen molar-refractivity contribution in [1.29, 1.82) is 0 Å². The summed E-state index contributed by atoms with van der Waals surface area (Å²) < 4.78 is 63.4. The predicted octanol–water partition coefficient (Wildman–Crippen LogP) is 4.58. The molecule has 0 aliphatic carbocycles. The SMILES string of the molecule is CC(=O)O[C@H]1C[C@H](n2cc(C)c(=O)[nH]c2=O)O[C@@H]1COP(=O)(O[C@H]1C[C@H](n2cc(C)c(=O)[nH]c2=O)O[C@@H]1COC1(c2ccccc2)c2ccccc2Oc2ccccc21)n1ccnc1. The number of hydrogen-bond donors (Lipinski definition) is 2. The number of hydrogen-bond acceptors (Lipinski definition) is 14. The fourth-order valence-electron chi connectivity index (χ4n) is 8.36. The van der Waals surface area contributed by atoms with Crippen LogP contribution in [-0.4, -0.2) is 72.0 Å². The summed E-state index contributed by atoms with van der Waals surface area (Å²) >= 11 is 0. The van der Waals surface area contributed by atoms with Crippen LogP contribution >= 0.6 is 7.75 Å². The molecule has 7 atom stereocenters. The predicted molar refractivity (Wildman–Crippen MR) is 226 cm³/mol. The van der Waals surface area contributed by atoms with Crippen molar-refractivity contribution in [3.8, 4) is 11.5 Å². The molecule has 0 spiro atoms. The van der Waals surface area contributed by atoms with Gasteiger partial charge in [0.15, 0.2) is 5.60 Å². The van der Waals surface area contributed by atoms with E-state index in [1.165, 1.54) is 54.1 Å². The Morgan fingerprint density at radius 3 is 1.89 bits per heavy atom. The van der Waals surface area contributed by atoms with Gasteiger partial charge in [0.25, 0.3) is 11.1 Å². The molecule has 0 saturated carbocycles. The highest BCUT2D eigenvalue weighted by Crippen LogP contribution is 2.55. The third-order valence-electron chi connectivity index (χ3n) is 11.4. The van der Waals surface area contributed by atoms with E-state index in [-0.39, 0.29) is 30.6 Å². The maximum absolute atomic E-state index is 15.3. The number of carbonyl (C=O) groups is 1. The van der Waals surface area contributed by atoms with Gasteiger partial charge in [-0.1, -0.05) is 66.7 Å². The summed E-state index contributed by atoms with van der Waals surface area (Å²) in [6, 6.07) is 24.6. The molecule has 332 valence electrons. The van der Waals surface area contributed by atoms with Gasteiger partial charge < -0.3 is 23.7 Å². The number of esters is 1. The molecular formula is C44H43N6O13P. The molecule has 3 aliphatic rings. The lowest BCUT2D eigenvalue weighted by atomic mass is 9.77. The summed E-state index contributed by atoms with van der Waals surface area (Å²) in [6.07, 6.45) is 0.471. The molecule has 64 heavy (non-hydrogen) atoms. The number of para-hydroxylation sites is 2. The number of aromatic nitrogens is 6. The van der Waals surface area contributed by atoms with Crippen LogP contribution < -0.4 is 27.2 Å². The average molecular weight is 895 g/mol. The maximum Gasteiger partial charge on any atom is 0.440 e.